The fourth-order valence-electron chi connectivity index (χ4n) is 4.22. The molecule has 0 radical (unpaired) electrons. The Bertz CT molecular complexity index is 1760. The summed E-state index contributed by atoms with van der Waals surface area (Å²) in [4.78, 5) is 41.9. The molecule has 1 atom stereocenters. The highest BCUT2D eigenvalue weighted by molar-refractivity contribution is 7.99. The van der Waals surface area contributed by atoms with Crippen molar-refractivity contribution in [3.8, 4) is 5.69 Å². The van der Waals surface area contributed by atoms with Crippen LogP contribution >= 0.6 is 11.8 Å². The van der Waals surface area contributed by atoms with E-state index >= 15 is 0 Å². The number of hydrogen-bond donors (Lipinski definition) is 2. The Balaban J connectivity index is 1.35. The first kappa shape index (κ1) is 25.7. The highest BCUT2D eigenvalue weighted by Crippen LogP contribution is 2.33. The summed E-state index contributed by atoms with van der Waals surface area (Å²) >= 11 is 1.41. The van der Waals surface area contributed by atoms with Crippen LogP contribution in [0.25, 0.3) is 16.7 Å². The van der Waals surface area contributed by atoms with Crippen molar-refractivity contribution in [2.45, 2.75) is 43.3 Å². The Morgan fingerprint density at radius 2 is 1.84 bits per heavy atom. The maximum Gasteiger partial charge on any atom is 0.265 e. The maximum absolute atomic E-state index is 13.4. The van der Waals surface area contributed by atoms with E-state index in [-0.39, 0.29) is 22.8 Å². The van der Waals surface area contributed by atoms with Crippen LogP contribution in [0.1, 0.15) is 30.5 Å². The number of thioether (sulfide) groups is 1. The molecule has 1 aliphatic heterocycles. The van der Waals surface area contributed by atoms with Crippen molar-refractivity contribution in [3.63, 3.8) is 0 Å². The van der Waals surface area contributed by atoms with Crippen molar-refractivity contribution in [2.24, 2.45) is 0 Å². The molecular formula is C25H24N6O5S2. The molecule has 2 aromatic heterocycles. The molecule has 0 bridgehead atoms. The molecule has 4 aromatic rings. The fourth-order valence-corrected chi connectivity index (χ4v) is 6.34. The Morgan fingerprint density at radius 3 is 2.53 bits per heavy atom. The molecule has 3 heterocycles. The summed E-state index contributed by atoms with van der Waals surface area (Å²) in [5, 5.41) is 8.03. The zero-order valence-corrected chi connectivity index (χ0v) is 22.4. The number of nitrogens with one attached hydrogen (secondary N) is 2. The lowest BCUT2D eigenvalue weighted by Crippen LogP contribution is -2.28. The van der Waals surface area contributed by atoms with E-state index in [1.165, 1.54) is 42.2 Å². The second-order valence-electron chi connectivity index (χ2n) is 9.03. The van der Waals surface area contributed by atoms with E-state index in [0.29, 0.717) is 27.6 Å². The predicted molar refractivity (Wildman–Crippen MR) is 143 cm³/mol. The number of amides is 2. The molecule has 38 heavy (non-hydrogen) atoms. The predicted octanol–water partition coefficient (Wildman–Crippen LogP) is 2.70. The quantitative estimate of drug-likeness (QED) is 0.347. The Hall–Kier alpha value is -3.97. The van der Waals surface area contributed by atoms with Gasteiger partial charge in [0.25, 0.3) is 15.6 Å². The number of carbonyl (C=O) groups is 2. The number of anilines is 1. The summed E-state index contributed by atoms with van der Waals surface area (Å²) in [5.41, 5.74) is 3.68. The van der Waals surface area contributed by atoms with Gasteiger partial charge in [0.05, 0.1) is 22.8 Å². The largest absolute Gasteiger partial charge is 0.326 e. The van der Waals surface area contributed by atoms with Gasteiger partial charge in [0.15, 0.2) is 10.8 Å². The van der Waals surface area contributed by atoms with Gasteiger partial charge in [-0.3, -0.25) is 19.0 Å². The molecular weight excluding hydrogens is 528 g/mol. The smallest absolute Gasteiger partial charge is 0.265 e. The molecule has 11 nitrogen and oxygen atoms in total. The molecule has 1 unspecified atom stereocenters. The first-order chi connectivity index (χ1) is 18.0. The second kappa shape index (κ2) is 9.72. The Kier molecular flexibility index (Phi) is 6.57. The summed E-state index contributed by atoms with van der Waals surface area (Å²) in [7, 11) is -3.97. The molecule has 2 aromatic carbocycles. The normalized spacial score (nSPS) is 14.9. The number of benzene rings is 2. The van der Waals surface area contributed by atoms with Crippen LogP contribution in [0.3, 0.4) is 0 Å². The van der Waals surface area contributed by atoms with E-state index in [0.717, 1.165) is 23.7 Å². The summed E-state index contributed by atoms with van der Waals surface area (Å²) < 4.78 is 29.3. The maximum atomic E-state index is 13.4. The Morgan fingerprint density at radius 1 is 1.11 bits per heavy atom. The topological polar surface area (TPSA) is 145 Å². The van der Waals surface area contributed by atoms with Gasteiger partial charge in [0.2, 0.25) is 11.8 Å². The Labute approximate surface area is 222 Å². The van der Waals surface area contributed by atoms with Gasteiger partial charge in [-0.15, -0.1) is 0 Å². The number of sulfonamides is 1. The van der Waals surface area contributed by atoms with Gasteiger partial charge in [-0.05, 0) is 61.4 Å². The van der Waals surface area contributed by atoms with Crippen LogP contribution in [0.2, 0.25) is 0 Å². The monoisotopic (exact) mass is 552 g/mol. The number of aryl methyl sites for hydroxylation is 2. The lowest BCUT2D eigenvalue weighted by molar-refractivity contribution is -0.117. The first-order valence-corrected chi connectivity index (χ1v) is 14.1. The van der Waals surface area contributed by atoms with Gasteiger partial charge in [0, 0.05) is 24.8 Å². The summed E-state index contributed by atoms with van der Waals surface area (Å²) in [6, 6.07) is 11.0. The SMILES string of the molecule is CC(=O)NS(=O)(=O)c1ccc(NC(=O)CC2CSc3nc4c(cnn4-c4ccc(C)c(C)c4)c(=O)n32)cc1. The highest BCUT2D eigenvalue weighted by atomic mass is 32.2. The molecule has 1 aliphatic rings. The molecule has 2 N–H and O–H groups in total. The fraction of sp³-hybridized carbons (Fsp3) is 0.240. The third-order valence-electron chi connectivity index (χ3n) is 6.25. The van der Waals surface area contributed by atoms with E-state index in [2.05, 4.69) is 10.4 Å². The molecule has 0 aliphatic carbocycles. The summed E-state index contributed by atoms with van der Waals surface area (Å²) in [5.74, 6) is -0.525. The molecule has 0 spiro atoms. The van der Waals surface area contributed by atoms with Crippen LogP contribution in [0.4, 0.5) is 5.69 Å². The molecule has 0 saturated heterocycles. The zero-order valence-electron chi connectivity index (χ0n) is 20.8. The number of fused-ring (bicyclic) bond motifs is 2. The van der Waals surface area contributed by atoms with Crippen molar-refractivity contribution in [1.82, 2.24) is 24.1 Å². The minimum atomic E-state index is -3.97. The van der Waals surface area contributed by atoms with Gasteiger partial charge >= 0.3 is 0 Å². The van der Waals surface area contributed by atoms with E-state index in [9.17, 15) is 22.8 Å². The number of hydrogen-bond acceptors (Lipinski definition) is 8. The van der Waals surface area contributed by atoms with Crippen molar-refractivity contribution in [1.29, 1.82) is 0 Å². The van der Waals surface area contributed by atoms with Crippen LogP contribution in [0.15, 0.2) is 63.5 Å². The molecule has 0 saturated carbocycles. The highest BCUT2D eigenvalue weighted by Gasteiger charge is 2.29. The minimum absolute atomic E-state index is 0.0321. The van der Waals surface area contributed by atoms with Gasteiger partial charge in [-0.25, -0.2) is 22.8 Å². The van der Waals surface area contributed by atoms with E-state index in [1.807, 2.05) is 36.8 Å². The van der Waals surface area contributed by atoms with Crippen molar-refractivity contribution in [3.05, 3.63) is 70.1 Å². The molecule has 13 heteroatoms. The van der Waals surface area contributed by atoms with E-state index < -0.39 is 22.0 Å². The van der Waals surface area contributed by atoms with Crippen molar-refractivity contribution in [2.75, 3.05) is 11.1 Å². The minimum Gasteiger partial charge on any atom is -0.326 e. The van der Waals surface area contributed by atoms with Crippen LogP contribution < -0.4 is 15.6 Å². The number of nitrogens with zero attached hydrogens (tertiary/aromatic N) is 4. The summed E-state index contributed by atoms with van der Waals surface area (Å²) in [6.45, 7) is 5.14. The summed E-state index contributed by atoms with van der Waals surface area (Å²) in [6.07, 6.45) is 1.54. The van der Waals surface area contributed by atoms with E-state index in [4.69, 9.17) is 4.98 Å². The second-order valence-corrected chi connectivity index (χ2v) is 11.7. The number of carbonyl (C=O) groups excluding carboxylic acids is 2. The molecule has 196 valence electrons. The van der Waals surface area contributed by atoms with Crippen LogP contribution in [-0.2, 0) is 19.6 Å². The third kappa shape index (κ3) is 4.82. The van der Waals surface area contributed by atoms with Gasteiger partial charge in [-0.2, -0.15) is 5.10 Å². The van der Waals surface area contributed by atoms with Gasteiger partial charge in [-0.1, -0.05) is 17.8 Å². The zero-order chi connectivity index (χ0) is 27.2. The van der Waals surface area contributed by atoms with Gasteiger partial charge < -0.3 is 5.32 Å². The average molecular weight is 553 g/mol. The van der Waals surface area contributed by atoms with Crippen LogP contribution in [-0.4, -0.2) is 45.3 Å². The number of aromatic nitrogens is 4. The lowest BCUT2D eigenvalue weighted by atomic mass is 10.1. The standard InChI is InChI=1S/C25H24N6O5S2/c1-14-4-7-18(10-15(14)2)31-23-21(12-26-31)24(34)30-19(13-37-25(30)28-23)11-22(33)27-17-5-8-20(9-6-17)38(35,36)29-16(3)32/h4-10,12,19H,11,13H2,1-3H3,(H,27,33)(H,29,32). The molecule has 0 fully saturated rings. The molecule has 2 amide bonds. The lowest BCUT2D eigenvalue weighted by Gasteiger charge is -2.14. The van der Waals surface area contributed by atoms with Crippen LogP contribution in [0, 0.1) is 13.8 Å². The van der Waals surface area contributed by atoms with Crippen molar-refractivity contribution >= 4 is 50.3 Å². The van der Waals surface area contributed by atoms with Crippen LogP contribution in [0.5, 0.6) is 0 Å². The van der Waals surface area contributed by atoms with Gasteiger partial charge in [0.1, 0.15) is 5.39 Å². The van der Waals surface area contributed by atoms with Crippen molar-refractivity contribution < 1.29 is 18.0 Å². The first-order valence-electron chi connectivity index (χ1n) is 11.7. The average Bonchev–Trinajstić information content (AvgIpc) is 3.45. The third-order valence-corrected chi connectivity index (χ3v) is 8.80. The van der Waals surface area contributed by atoms with E-state index in [1.54, 1.807) is 9.25 Å². The number of rotatable bonds is 6. The molecule has 5 rings (SSSR count).